The van der Waals surface area contributed by atoms with Gasteiger partial charge in [-0.05, 0) is 24.9 Å². The Morgan fingerprint density at radius 3 is 2.88 bits per heavy atom. The molecule has 0 aliphatic carbocycles. The number of imidazole rings is 1. The maximum Gasteiger partial charge on any atom is 0.226 e. The van der Waals surface area contributed by atoms with Crippen LogP contribution in [-0.2, 0) is 6.54 Å². The predicted molar refractivity (Wildman–Crippen MR) is 69.4 cm³/mol. The molecular weight excluding hydrogens is 238 g/mol. The Bertz CT molecular complexity index is 508. The van der Waals surface area contributed by atoms with E-state index in [0.717, 1.165) is 37.3 Å². The Hall–Kier alpha value is -1.36. The van der Waals surface area contributed by atoms with Crippen LogP contribution in [0.2, 0.25) is 5.28 Å². The highest BCUT2D eigenvalue weighted by molar-refractivity contribution is 6.28. The SMILES string of the molecule is CCCCn1cnc2nc(Cl)nc(NCC)c21. The van der Waals surface area contributed by atoms with Gasteiger partial charge in [-0.1, -0.05) is 13.3 Å². The molecule has 0 bridgehead atoms. The zero-order valence-corrected chi connectivity index (χ0v) is 10.8. The molecule has 0 atom stereocenters. The third kappa shape index (κ3) is 2.49. The molecule has 92 valence electrons. The summed E-state index contributed by atoms with van der Waals surface area (Å²) in [6.45, 7) is 5.91. The number of nitrogens with one attached hydrogen (secondary N) is 1. The quantitative estimate of drug-likeness (QED) is 0.833. The summed E-state index contributed by atoms with van der Waals surface area (Å²) in [5, 5.41) is 3.43. The van der Waals surface area contributed by atoms with Gasteiger partial charge in [0, 0.05) is 13.1 Å². The molecule has 1 N–H and O–H groups in total. The number of fused-ring (bicyclic) bond motifs is 1. The van der Waals surface area contributed by atoms with Crippen molar-refractivity contribution in [3.8, 4) is 0 Å². The average molecular weight is 254 g/mol. The second-order valence-corrected chi connectivity index (χ2v) is 4.17. The fourth-order valence-electron chi connectivity index (χ4n) is 1.74. The molecule has 0 amide bonds. The fraction of sp³-hybridized carbons (Fsp3) is 0.545. The minimum atomic E-state index is 0.231. The Labute approximate surface area is 105 Å². The Kier molecular flexibility index (Phi) is 3.78. The lowest BCUT2D eigenvalue weighted by Crippen LogP contribution is -2.05. The van der Waals surface area contributed by atoms with Crippen LogP contribution in [0.4, 0.5) is 5.82 Å². The first-order valence-corrected chi connectivity index (χ1v) is 6.26. The monoisotopic (exact) mass is 253 g/mol. The molecule has 0 aromatic carbocycles. The molecule has 6 heteroatoms. The van der Waals surface area contributed by atoms with Crippen LogP contribution in [0.25, 0.3) is 11.2 Å². The number of aryl methyl sites for hydroxylation is 1. The van der Waals surface area contributed by atoms with E-state index in [4.69, 9.17) is 11.6 Å². The molecule has 0 saturated heterocycles. The number of anilines is 1. The van der Waals surface area contributed by atoms with E-state index < -0.39 is 0 Å². The van der Waals surface area contributed by atoms with Gasteiger partial charge in [-0.3, -0.25) is 0 Å². The van der Waals surface area contributed by atoms with E-state index in [0.29, 0.717) is 5.65 Å². The highest BCUT2D eigenvalue weighted by Crippen LogP contribution is 2.21. The van der Waals surface area contributed by atoms with Crippen molar-refractivity contribution in [1.82, 2.24) is 19.5 Å². The van der Waals surface area contributed by atoms with Gasteiger partial charge in [-0.15, -0.1) is 0 Å². The molecule has 0 unspecified atom stereocenters. The van der Waals surface area contributed by atoms with Gasteiger partial charge in [-0.25, -0.2) is 4.98 Å². The maximum absolute atomic E-state index is 5.86. The highest BCUT2D eigenvalue weighted by Gasteiger charge is 2.11. The number of aromatic nitrogens is 4. The van der Waals surface area contributed by atoms with Gasteiger partial charge in [0.05, 0.1) is 6.33 Å². The average Bonchev–Trinajstić information content (AvgIpc) is 2.69. The van der Waals surface area contributed by atoms with Crippen molar-refractivity contribution in [2.24, 2.45) is 0 Å². The van der Waals surface area contributed by atoms with Crippen molar-refractivity contribution in [2.75, 3.05) is 11.9 Å². The number of nitrogens with zero attached hydrogens (tertiary/aromatic N) is 4. The first kappa shape index (κ1) is 12.1. The largest absolute Gasteiger partial charge is 0.368 e. The number of unbranched alkanes of at least 4 members (excludes halogenated alkanes) is 1. The van der Waals surface area contributed by atoms with Gasteiger partial charge >= 0.3 is 0 Å². The van der Waals surface area contributed by atoms with E-state index in [-0.39, 0.29) is 5.28 Å². The van der Waals surface area contributed by atoms with Crippen molar-refractivity contribution in [2.45, 2.75) is 33.2 Å². The van der Waals surface area contributed by atoms with Crippen molar-refractivity contribution < 1.29 is 0 Å². The second kappa shape index (κ2) is 5.31. The fourth-order valence-corrected chi connectivity index (χ4v) is 1.91. The number of hydrogen-bond donors (Lipinski definition) is 1. The molecule has 2 heterocycles. The molecule has 17 heavy (non-hydrogen) atoms. The van der Waals surface area contributed by atoms with Crippen LogP contribution in [0.15, 0.2) is 6.33 Å². The van der Waals surface area contributed by atoms with Gasteiger partial charge in [0.25, 0.3) is 0 Å². The molecule has 2 aromatic rings. The number of hydrogen-bond acceptors (Lipinski definition) is 4. The second-order valence-electron chi connectivity index (χ2n) is 3.84. The summed E-state index contributed by atoms with van der Waals surface area (Å²) in [6, 6.07) is 0. The van der Waals surface area contributed by atoms with Crippen molar-refractivity contribution in [3.05, 3.63) is 11.6 Å². The molecule has 5 nitrogen and oxygen atoms in total. The summed E-state index contributed by atoms with van der Waals surface area (Å²) in [5.74, 6) is 0.760. The van der Waals surface area contributed by atoms with Crippen LogP contribution in [-0.4, -0.2) is 26.1 Å². The minimum absolute atomic E-state index is 0.231. The normalized spacial score (nSPS) is 11.0. The molecule has 0 spiro atoms. The first-order chi connectivity index (χ1) is 8.26. The number of rotatable bonds is 5. The van der Waals surface area contributed by atoms with Crippen molar-refractivity contribution in [1.29, 1.82) is 0 Å². The van der Waals surface area contributed by atoms with E-state index in [2.05, 4.69) is 31.8 Å². The van der Waals surface area contributed by atoms with Crippen LogP contribution in [0, 0.1) is 0 Å². The van der Waals surface area contributed by atoms with E-state index in [1.165, 1.54) is 0 Å². The number of halogens is 1. The van der Waals surface area contributed by atoms with E-state index in [1.807, 2.05) is 6.92 Å². The van der Waals surface area contributed by atoms with E-state index >= 15 is 0 Å². The molecule has 2 rings (SSSR count). The van der Waals surface area contributed by atoms with Crippen LogP contribution in [0.1, 0.15) is 26.7 Å². The molecule has 0 aliphatic rings. The molecule has 0 saturated carbocycles. The Morgan fingerprint density at radius 2 is 2.18 bits per heavy atom. The van der Waals surface area contributed by atoms with Crippen LogP contribution in [0.5, 0.6) is 0 Å². The summed E-state index contributed by atoms with van der Waals surface area (Å²) in [7, 11) is 0. The Balaban J connectivity index is 2.48. The third-order valence-corrected chi connectivity index (χ3v) is 2.71. The predicted octanol–water partition coefficient (Wildman–Crippen LogP) is 2.71. The topological polar surface area (TPSA) is 55.6 Å². The maximum atomic E-state index is 5.86. The van der Waals surface area contributed by atoms with Gasteiger partial charge < -0.3 is 9.88 Å². The molecule has 0 radical (unpaired) electrons. The van der Waals surface area contributed by atoms with Crippen LogP contribution in [0.3, 0.4) is 0 Å². The lowest BCUT2D eigenvalue weighted by atomic mass is 10.3. The van der Waals surface area contributed by atoms with E-state index in [9.17, 15) is 0 Å². The van der Waals surface area contributed by atoms with Crippen molar-refractivity contribution >= 4 is 28.6 Å². The van der Waals surface area contributed by atoms with E-state index in [1.54, 1.807) is 6.33 Å². The van der Waals surface area contributed by atoms with Crippen LogP contribution < -0.4 is 5.32 Å². The van der Waals surface area contributed by atoms with Crippen molar-refractivity contribution in [3.63, 3.8) is 0 Å². The van der Waals surface area contributed by atoms with Gasteiger partial charge in [0.1, 0.15) is 5.52 Å². The van der Waals surface area contributed by atoms with Gasteiger partial charge in [-0.2, -0.15) is 9.97 Å². The lowest BCUT2D eigenvalue weighted by molar-refractivity contribution is 0.645. The highest BCUT2D eigenvalue weighted by atomic mass is 35.5. The summed E-state index contributed by atoms with van der Waals surface area (Å²) < 4.78 is 2.08. The molecule has 2 aromatic heterocycles. The summed E-state index contributed by atoms with van der Waals surface area (Å²) in [4.78, 5) is 12.6. The minimum Gasteiger partial charge on any atom is -0.368 e. The molecular formula is C11H16ClN5. The van der Waals surface area contributed by atoms with Gasteiger partial charge in [0.2, 0.25) is 5.28 Å². The summed E-state index contributed by atoms with van der Waals surface area (Å²) in [6.07, 6.45) is 4.05. The van der Waals surface area contributed by atoms with Gasteiger partial charge in [0.15, 0.2) is 11.5 Å². The summed E-state index contributed by atoms with van der Waals surface area (Å²) in [5.41, 5.74) is 1.58. The molecule has 0 fully saturated rings. The lowest BCUT2D eigenvalue weighted by Gasteiger charge is -2.08. The standard InChI is InChI=1S/C11H16ClN5/c1-3-5-6-17-7-14-10-8(17)9(13-4-2)15-11(12)16-10/h7H,3-6H2,1-2H3,(H,13,15,16). The first-order valence-electron chi connectivity index (χ1n) is 5.88. The molecule has 0 aliphatic heterocycles. The zero-order valence-electron chi connectivity index (χ0n) is 10.1. The van der Waals surface area contributed by atoms with Crippen LogP contribution >= 0.6 is 11.6 Å². The third-order valence-electron chi connectivity index (χ3n) is 2.54. The summed E-state index contributed by atoms with van der Waals surface area (Å²) >= 11 is 5.86. The zero-order chi connectivity index (χ0) is 12.3. The Morgan fingerprint density at radius 1 is 1.35 bits per heavy atom. The smallest absolute Gasteiger partial charge is 0.226 e.